The van der Waals surface area contributed by atoms with Crippen molar-refractivity contribution < 1.29 is 9.59 Å². The van der Waals surface area contributed by atoms with E-state index in [2.05, 4.69) is 34.3 Å². The maximum absolute atomic E-state index is 13.5. The number of thioether (sulfide) groups is 1. The lowest BCUT2D eigenvalue weighted by Gasteiger charge is -2.37. The monoisotopic (exact) mass is 389 g/mol. The average molecular weight is 389 g/mol. The van der Waals surface area contributed by atoms with Gasteiger partial charge in [0, 0.05) is 35.4 Å². The number of fused-ring (bicyclic) bond motifs is 2. The SMILES string of the molecule is O=C1CSc2ccc(C(=O)N3CCn4cccc4C3c3ccccc3)cc2N1. The number of hydrogen-bond acceptors (Lipinski definition) is 3. The van der Waals surface area contributed by atoms with Crippen LogP contribution in [0.2, 0.25) is 0 Å². The molecule has 0 saturated carbocycles. The number of anilines is 1. The van der Waals surface area contributed by atoms with Gasteiger partial charge in [-0.3, -0.25) is 9.59 Å². The van der Waals surface area contributed by atoms with Crippen LogP contribution in [0.1, 0.15) is 27.7 Å². The van der Waals surface area contributed by atoms with Gasteiger partial charge in [0.25, 0.3) is 5.91 Å². The number of rotatable bonds is 2. The number of carbonyl (C=O) groups excluding carboxylic acids is 2. The minimum Gasteiger partial charge on any atom is -0.348 e. The summed E-state index contributed by atoms with van der Waals surface area (Å²) in [5, 5.41) is 2.88. The van der Waals surface area contributed by atoms with Crippen molar-refractivity contribution in [3.63, 3.8) is 0 Å². The Balaban J connectivity index is 1.53. The molecule has 2 aromatic carbocycles. The standard InChI is InChI=1S/C22H19N3O2S/c26-20-14-28-19-9-8-16(13-17(19)23-20)22(27)25-12-11-24-10-4-7-18(24)21(25)15-5-2-1-3-6-15/h1-10,13,21H,11-12,14H2,(H,23,26). The van der Waals surface area contributed by atoms with Crippen molar-refractivity contribution >= 4 is 29.3 Å². The molecule has 1 atom stereocenters. The van der Waals surface area contributed by atoms with E-state index >= 15 is 0 Å². The quantitative estimate of drug-likeness (QED) is 0.726. The lowest BCUT2D eigenvalue weighted by Crippen LogP contribution is -2.42. The third kappa shape index (κ3) is 2.90. The lowest BCUT2D eigenvalue weighted by molar-refractivity contribution is -0.113. The van der Waals surface area contributed by atoms with E-state index in [1.54, 1.807) is 6.07 Å². The summed E-state index contributed by atoms with van der Waals surface area (Å²) < 4.78 is 2.21. The number of nitrogens with zero attached hydrogens (tertiary/aromatic N) is 2. The van der Waals surface area contributed by atoms with E-state index in [0.717, 1.165) is 28.4 Å². The van der Waals surface area contributed by atoms with Crippen LogP contribution in [0.5, 0.6) is 0 Å². The van der Waals surface area contributed by atoms with Crippen LogP contribution in [-0.2, 0) is 11.3 Å². The van der Waals surface area contributed by atoms with Crippen LogP contribution in [-0.4, -0.2) is 33.6 Å². The minimum atomic E-state index is -0.127. The maximum Gasteiger partial charge on any atom is 0.254 e. The molecule has 0 spiro atoms. The molecule has 2 amide bonds. The van der Waals surface area contributed by atoms with Crippen molar-refractivity contribution in [2.75, 3.05) is 17.6 Å². The van der Waals surface area contributed by atoms with Gasteiger partial charge in [-0.2, -0.15) is 0 Å². The summed E-state index contributed by atoms with van der Waals surface area (Å²) in [6, 6.07) is 19.7. The molecule has 140 valence electrons. The molecule has 0 radical (unpaired) electrons. The smallest absolute Gasteiger partial charge is 0.254 e. The molecular weight excluding hydrogens is 370 g/mol. The first-order chi connectivity index (χ1) is 13.7. The summed E-state index contributed by atoms with van der Waals surface area (Å²) in [6.45, 7) is 1.41. The van der Waals surface area contributed by atoms with E-state index in [9.17, 15) is 9.59 Å². The highest BCUT2D eigenvalue weighted by Crippen LogP contribution is 2.36. The normalized spacial score (nSPS) is 18.2. The maximum atomic E-state index is 13.5. The molecule has 3 aromatic rings. The fraction of sp³-hybridized carbons (Fsp3) is 0.182. The number of carbonyl (C=O) groups is 2. The molecular formula is C22H19N3O2S. The van der Waals surface area contributed by atoms with E-state index in [1.165, 1.54) is 11.8 Å². The summed E-state index contributed by atoms with van der Waals surface area (Å²) in [5.41, 5.74) is 3.54. The first kappa shape index (κ1) is 17.1. The molecule has 1 unspecified atom stereocenters. The number of nitrogens with one attached hydrogen (secondary N) is 1. The zero-order chi connectivity index (χ0) is 19.1. The molecule has 2 aliphatic rings. The fourth-order valence-corrected chi connectivity index (χ4v) is 4.76. The van der Waals surface area contributed by atoms with Crippen LogP contribution in [0.25, 0.3) is 0 Å². The molecule has 28 heavy (non-hydrogen) atoms. The Labute approximate surface area is 167 Å². The van der Waals surface area contributed by atoms with Gasteiger partial charge in [0.05, 0.1) is 17.5 Å². The molecule has 0 aliphatic carbocycles. The van der Waals surface area contributed by atoms with E-state index in [1.807, 2.05) is 41.3 Å². The largest absolute Gasteiger partial charge is 0.348 e. The lowest BCUT2D eigenvalue weighted by atomic mass is 9.99. The Kier molecular flexibility index (Phi) is 4.20. The van der Waals surface area contributed by atoms with Crippen molar-refractivity contribution in [2.24, 2.45) is 0 Å². The second kappa shape index (κ2) is 6.87. The Morgan fingerprint density at radius 3 is 2.75 bits per heavy atom. The molecule has 3 heterocycles. The van der Waals surface area contributed by atoms with Gasteiger partial charge in [-0.05, 0) is 35.9 Å². The van der Waals surface area contributed by atoms with Crippen molar-refractivity contribution in [3.05, 3.63) is 83.7 Å². The van der Waals surface area contributed by atoms with Crippen LogP contribution in [0.4, 0.5) is 5.69 Å². The molecule has 0 bridgehead atoms. The molecule has 2 aliphatic heterocycles. The third-order valence-electron chi connectivity index (χ3n) is 5.27. The van der Waals surface area contributed by atoms with Gasteiger partial charge >= 0.3 is 0 Å². The minimum absolute atomic E-state index is 0.0195. The van der Waals surface area contributed by atoms with E-state index in [4.69, 9.17) is 0 Å². The summed E-state index contributed by atoms with van der Waals surface area (Å²) in [7, 11) is 0. The van der Waals surface area contributed by atoms with Gasteiger partial charge in [-0.25, -0.2) is 0 Å². The van der Waals surface area contributed by atoms with Crippen molar-refractivity contribution in [1.29, 1.82) is 0 Å². The van der Waals surface area contributed by atoms with Crippen LogP contribution in [0, 0.1) is 0 Å². The van der Waals surface area contributed by atoms with Crippen molar-refractivity contribution in [1.82, 2.24) is 9.47 Å². The van der Waals surface area contributed by atoms with E-state index < -0.39 is 0 Å². The van der Waals surface area contributed by atoms with Gasteiger partial charge in [0.15, 0.2) is 0 Å². The average Bonchev–Trinajstić information content (AvgIpc) is 3.21. The zero-order valence-corrected chi connectivity index (χ0v) is 16.0. The summed E-state index contributed by atoms with van der Waals surface area (Å²) >= 11 is 1.50. The number of benzene rings is 2. The molecule has 0 saturated heterocycles. The molecule has 1 N–H and O–H groups in total. The van der Waals surface area contributed by atoms with Crippen LogP contribution < -0.4 is 5.32 Å². The van der Waals surface area contributed by atoms with Crippen molar-refractivity contribution in [3.8, 4) is 0 Å². The van der Waals surface area contributed by atoms with E-state index in [0.29, 0.717) is 17.9 Å². The van der Waals surface area contributed by atoms with Gasteiger partial charge in [-0.1, -0.05) is 30.3 Å². The molecule has 6 heteroatoms. The van der Waals surface area contributed by atoms with Gasteiger partial charge in [0.2, 0.25) is 5.91 Å². The van der Waals surface area contributed by atoms with Crippen molar-refractivity contribution in [2.45, 2.75) is 17.5 Å². The molecule has 1 aromatic heterocycles. The highest BCUT2D eigenvalue weighted by Gasteiger charge is 2.33. The third-order valence-corrected chi connectivity index (χ3v) is 6.35. The predicted octanol–water partition coefficient (Wildman–Crippen LogP) is 3.78. The van der Waals surface area contributed by atoms with Crippen LogP contribution in [0.15, 0.2) is 71.8 Å². The van der Waals surface area contributed by atoms with Gasteiger partial charge in [-0.15, -0.1) is 11.8 Å². The van der Waals surface area contributed by atoms with Crippen LogP contribution in [0.3, 0.4) is 0 Å². The Hall–Kier alpha value is -2.99. The van der Waals surface area contributed by atoms with Gasteiger partial charge < -0.3 is 14.8 Å². The topological polar surface area (TPSA) is 54.3 Å². The molecule has 0 fully saturated rings. The Morgan fingerprint density at radius 1 is 1.04 bits per heavy atom. The van der Waals surface area contributed by atoms with Gasteiger partial charge in [0.1, 0.15) is 0 Å². The zero-order valence-electron chi connectivity index (χ0n) is 15.2. The number of aromatic nitrogens is 1. The molecule has 5 nitrogen and oxygen atoms in total. The summed E-state index contributed by atoms with van der Waals surface area (Å²) in [5.74, 6) is 0.369. The predicted molar refractivity (Wildman–Crippen MR) is 110 cm³/mol. The second-order valence-corrected chi connectivity index (χ2v) is 8.00. The first-order valence-electron chi connectivity index (χ1n) is 9.28. The highest BCUT2D eigenvalue weighted by molar-refractivity contribution is 8.00. The van der Waals surface area contributed by atoms with Crippen LogP contribution >= 0.6 is 11.8 Å². The first-order valence-corrected chi connectivity index (χ1v) is 10.3. The Bertz CT molecular complexity index is 1060. The Morgan fingerprint density at radius 2 is 1.89 bits per heavy atom. The fourth-order valence-electron chi connectivity index (χ4n) is 3.97. The number of amides is 2. The highest BCUT2D eigenvalue weighted by atomic mass is 32.2. The van der Waals surface area contributed by atoms with E-state index in [-0.39, 0.29) is 17.9 Å². The molecule has 5 rings (SSSR count). The summed E-state index contributed by atoms with van der Waals surface area (Å²) in [4.78, 5) is 28.1. The summed E-state index contributed by atoms with van der Waals surface area (Å²) in [6.07, 6.45) is 2.07. The number of hydrogen-bond donors (Lipinski definition) is 1. The second-order valence-electron chi connectivity index (χ2n) is 6.99.